The molecule has 5 heteroatoms. The summed E-state index contributed by atoms with van der Waals surface area (Å²) in [5.74, 6) is 0.678. The van der Waals surface area contributed by atoms with Crippen LogP contribution in [-0.2, 0) is 11.3 Å². The van der Waals surface area contributed by atoms with Crippen LogP contribution < -0.4 is 0 Å². The lowest BCUT2D eigenvalue weighted by molar-refractivity contribution is -0.138. The normalized spacial score (nSPS) is 25.0. The summed E-state index contributed by atoms with van der Waals surface area (Å²) in [6.45, 7) is 8.61. The molecule has 1 atom stereocenters. The predicted molar refractivity (Wildman–Crippen MR) is 112 cm³/mol. The van der Waals surface area contributed by atoms with Gasteiger partial charge in [-0.05, 0) is 76.2 Å². The molecule has 0 bridgehead atoms. The number of carbonyl (C=O) groups excluding carboxylic acids is 1. The highest BCUT2D eigenvalue weighted by atomic mass is 16.2. The van der Waals surface area contributed by atoms with Gasteiger partial charge < -0.3 is 4.90 Å². The summed E-state index contributed by atoms with van der Waals surface area (Å²) in [5, 5.41) is 0. The van der Waals surface area contributed by atoms with Gasteiger partial charge in [0.15, 0.2) is 0 Å². The molecule has 1 unspecified atom stereocenters. The first kappa shape index (κ1) is 19.8. The Hall–Kier alpha value is -1.46. The van der Waals surface area contributed by atoms with Crippen molar-refractivity contribution in [1.82, 2.24) is 19.7 Å². The quantitative estimate of drug-likeness (QED) is 0.724. The number of piperidine rings is 2. The third-order valence-corrected chi connectivity index (χ3v) is 6.74. The second kappa shape index (κ2) is 9.36. The Bertz CT molecular complexity index is 625. The monoisotopic (exact) mass is 384 g/mol. The van der Waals surface area contributed by atoms with Gasteiger partial charge in [0.1, 0.15) is 0 Å². The zero-order valence-electron chi connectivity index (χ0n) is 17.4. The maximum absolute atomic E-state index is 13.1. The van der Waals surface area contributed by atoms with Crippen LogP contribution in [0.1, 0.15) is 57.4 Å². The summed E-state index contributed by atoms with van der Waals surface area (Å²) in [6.07, 6.45) is 12.1. The fraction of sp³-hybridized carbons (Fsp3) is 0.739. The lowest BCUT2D eigenvalue weighted by atomic mass is 9.92. The lowest BCUT2D eigenvalue weighted by Crippen LogP contribution is -2.51. The Morgan fingerprint density at radius 3 is 2.68 bits per heavy atom. The zero-order valence-corrected chi connectivity index (χ0v) is 17.4. The molecule has 3 heterocycles. The molecule has 1 aliphatic carbocycles. The van der Waals surface area contributed by atoms with Gasteiger partial charge in [-0.15, -0.1) is 0 Å². The molecule has 1 saturated carbocycles. The molecule has 0 spiro atoms. The van der Waals surface area contributed by atoms with Crippen molar-refractivity contribution in [2.24, 2.45) is 5.92 Å². The van der Waals surface area contributed by atoms with Gasteiger partial charge in [0.2, 0.25) is 5.91 Å². The summed E-state index contributed by atoms with van der Waals surface area (Å²) in [4.78, 5) is 24.8. The molecule has 1 amide bonds. The maximum Gasteiger partial charge on any atom is 0.227 e. The number of carbonyl (C=O) groups is 1. The van der Waals surface area contributed by atoms with Crippen molar-refractivity contribution in [2.45, 2.75) is 70.5 Å². The number of amides is 1. The highest BCUT2D eigenvalue weighted by Crippen LogP contribution is 2.31. The van der Waals surface area contributed by atoms with Crippen molar-refractivity contribution in [1.29, 1.82) is 0 Å². The van der Waals surface area contributed by atoms with Crippen LogP contribution in [0.2, 0.25) is 0 Å². The molecule has 1 aromatic heterocycles. The van der Waals surface area contributed by atoms with Crippen molar-refractivity contribution in [3.8, 4) is 0 Å². The molecule has 1 aromatic rings. The van der Waals surface area contributed by atoms with Crippen LogP contribution in [0.3, 0.4) is 0 Å². The summed E-state index contributed by atoms with van der Waals surface area (Å²) in [7, 11) is 0. The molecular formula is C23H36N4O. The van der Waals surface area contributed by atoms with Crippen molar-refractivity contribution in [3.05, 3.63) is 30.1 Å². The van der Waals surface area contributed by atoms with E-state index in [1.807, 2.05) is 18.5 Å². The number of aromatic nitrogens is 1. The van der Waals surface area contributed by atoms with E-state index in [0.29, 0.717) is 18.0 Å². The second-order valence-electron chi connectivity index (χ2n) is 8.97. The van der Waals surface area contributed by atoms with E-state index in [0.717, 1.165) is 45.6 Å². The van der Waals surface area contributed by atoms with E-state index in [1.165, 1.54) is 44.2 Å². The number of nitrogens with zero attached hydrogens (tertiary/aromatic N) is 4. The van der Waals surface area contributed by atoms with Crippen LogP contribution in [0.4, 0.5) is 0 Å². The van der Waals surface area contributed by atoms with Gasteiger partial charge in [-0.2, -0.15) is 0 Å². The van der Waals surface area contributed by atoms with E-state index in [9.17, 15) is 4.79 Å². The Morgan fingerprint density at radius 2 is 2.00 bits per heavy atom. The topological polar surface area (TPSA) is 39.7 Å². The van der Waals surface area contributed by atoms with Crippen molar-refractivity contribution in [2.75, 3.05) is 32.7 Å². The minimum absolute atomic E-state index is 0.231. The Morgan fingerprint density at radius 1 is 1.18 bits per heavy atom. The van der Waals surface area contributed by atoms with Gasteiger partial charge >= 0.3 is 0 Å². The molecule has 4 rings (SSSR count). The predicted octanol–water partition coefficient (Wildman–Crippen LogP) is 3.16. The number of pyridine rings is 1. The minimum atomic E-state index is 0.231. The first-order valence-electron chi connectivity index (χ1n) is 11.4. The van der Waals surface area contributed by atoms with Crippen LogP contribution >= 0.6 is 0 Å². The summed E-state index contributed by atoms with van der Waals surface area (Å²) in [5.41, 5.74) is 1.31. The molecule has 5 nitrogen and oxygen atoms in total. The Kier molecular flexibility index (Phi) is 6.63. The smallest absolute Gasteiger partial charge is 0.227 e. The molecule has 3 fully saturated rings. The third kappa shape index (κ3) is 4.93. The summed E-state index contributed by atoms with van der Waals surface area (Å²) in [6, 6.07) is 5.40. The van der Waals surface area contributed by atoms with Gasteiger partial charge in [-0.3, -0.25) is 19.6 Å². The number of rotatable bonds is 7. The molecule has 0 aromatic carbocycles. The maximum atomic E-state index is 13.1. The van der Waals surface area contributed by atoms with Gasteiger partial charge in [-0.1, -0.05) is 13.0 Å². The van der Waals surface area contributed by atoms with Crippen LogP contribution in [0, 0.1) is 5.92 Å². The third-order valence-electron chi connectivity index (χ3n) is 6.74. The van der Waals surface area contributed by atoms with Crippen LogP contribution in [0.15, 0.2) is 24.5 Å². The Labute approximate surface area is 170 Å². The van der Waals surface area contributed by atoms with E-state index < -0.39 is 0 Å². The van der Waals surface area contributed by atoms with Crippen molar-refractivity contribution >= 4 is 5.91 Å². The molecule has 0 radical (unpaired) electrons. The molecule has 3 aliphatic rings. The largest absolute Gasteiger partial charge is 0.339 e. The van der Waals surface area contributed by atoms with Crippen LogP contribution in [0.25, 0.3) is 0 Å². The van der Waals surface area contributed by atoms with Gasteiger partial charge in [0.25, 0.3) is 0 Å². The molecule has 0 N–H and O–H groups in total. The molecule has 2 aliphatic heterocycles. The summed E-state index contributed by atoms with van der Waals surface area (Å²) >= 11 is 0. The van der Waals surface area contributed by atoms with Gasteiger partial charge in [-0.25, -0.2) is 0 Å². The fourth-order valence-electron chi connectivity index (χ4n) is 5.07. The summed E-state index contributed by atoms with van der Waals surface area (Å²) < 4.78 is 0. The van der Waals surface area contributed by atoms with E-state index in [4.69, 9.17) is 0 Å². The van der Waals surface area contributed by atoms with Crippen molar-refractivity contribution < 1.29 is 4.79 Å². The van der Waals surface area contributed by atoms with Crippen LogP contribution in [-0.4, -0.2) is 70.4 Å². The van der Waals surface area contributed by atoms with E-state index in [-0.39, 0.29) is 5.92 Å². The second-order valence-corrected chi connectivity index (χ2v) is 8.97. The SMILES string of the molecule is CCCN(C(=O)C1CCCN(C2CCN(Cc3cccnc3)CC2)C1)C1CC1. The van der Waals surface area contributed by atoms with Crippen LogP contribution in [0.5, 0.6) is 0 Å². The zero-order chi connectivity index (χ0) is 19.3. The highest BCUT2D eigenvalue weighted by Gasteiger charge is 2.38. The van der Waals surface area contributed by atoms with E-state index >= 15 is 0 Å². The fourth-order valence-corrected chi connectivity index (χ4v) is 5.07. The molecule has 2 saturated heterocycles. The number of likely N-dealkylation sites (tertiary alicyclic amines) is 2. The van der Waals surface area contributed by atoms with Crippen molar-refractivity contribution in [3.63, 3.8) is 0 Å². The highest BCUT2D eigenvalue weighted by molar-refractivity contribution is 5.79. The lowest BCUT2D eigenvalue weighted by Gasteiger charge is -2.42. The average Bonchev–Trinajstić information content (AvgIpc) is 3.58. The number of hydrogen-bond donors (Lipinski definition) is 0. The van der Waals surface area contributed by atoms with E-state index in [2.05, 4.69) is 32.7 Å². The average molecular weight is 385 g/mol. The number of hydrogen-bond acceptors (Lipinski definition) is 4. The first-order chi connectivity index (χ1) is 13.7. The molecule has 154 valence electrons. The van der Waals surface area contributed by atoms with E-state index in [1.54, 1.807) is 0 Å². The Balaban J connectivity index is 1.27. The van der Waals surface area contributed by atoms with Gasteiger partial charge in [0.05, 0.1) is 5.92 Å². The minimum Gasteiger partial charge on any atom is -0.339 e. The molecular weight excluding hydrogens is 348 g/mol. The standard InChI is InChI=1S/C23H36N4O/c1-2-12-27(22-7-8-22)23(28)20-6-4-13-26(18-20)21-9-14-25(15-10-21)17-19-5-3-11-24-16-19/h3,5,11,16,20-22H,2,4,6-10,12-15,17-18H2,1H3. The van der Waals surface area contributed by atoms with Gasteiger partial charge in [0, 0.05) is 44.1 Å². The first-order valence-corrected chi connectivity index (χ1v) is 11.4. The molecule has 28 heavy (non-hydrogen) atoms.